The first-order valence-electron chi connectivity index (χ1n) is 11.3. The Morgan fingerprint density at radius 1 is 1.03 bits per heavy atom. The van der Waals surface area contributed by atoms with Gasteiger partial charge in [0.15, 0.2) is 0 Å². The predicted octanol–water partition coefficient (Wildman–Crippen LogP) is 4.14. The fourth-order valence-electron chi connectivity index (χ4n) is 3.62. The number of anilines is 1. The average Bonchev–Trinajstić information content (AvgIpc) is 2.75. The molecule has 2 amide bonds. The summed E-state index contributed by atoms with van der Waals surface area (Å²) in [6, 6.07) is 13.6. The van der Waals surface area contributed by atoms with Gasteiger partial charge in [0.2, 0.25) is 21.8 Å². The molecule has 0 heterocycles. The van der Waals surface area contributed by atoms with Gasteiger partial charge in [-0.3, -0.25) is 13.9 Å². The van der Waals surface area contributed by atoms with Crippen molar-refractivity contribution in [3.63, 3.8) is 0 Å². The molecule has 0 radical (unpaired) electrons. The summed E-state index contributed by atoms with van der Waals surface area (Å²) in [6.07, 6.45) is 1.54. The Bertz CT molecular complexity index is 1100. The molecular weight excluding hydrogens is 474 g/mol. The van der Waals surface area contributed by atoms with Gasteiger partial charge in [0.1, 0.15) is 6.04 Å². The summed E-state index contributed by atoms with van der Waals surface area (Å²) in [6.45, 7) is 7.58. The fourth-order valence-corrected chi connectivity index (χ4v) is 4.84. The molecular formula is C25H34ClN3O4S. The summed E-state index contributed by atoms with van der Waals surface area (Å²) in [4.78, 5) is 27.4. The highest BCUT2D eigenvalue weighted by Crippen LogP contribution is 2.23. The minimum Gasteiger partial charge on any atom is -0.352 e. The first-order valence-corrected chi connectivity index (χ1v) is 13.5. The highest BCUT2D eigenvalue weighted by atomic mass is 35.5. The van der Waals surface area contributed by atoms with Crippen LogP contribution in [0.15, 0.2) is 48.5 Å². The van der Waals surface area contributed by atoms with Crippen LogP contribution in [-0.4, -0.2) is 50.0 Å². The van der Waals surface area contributed by atoms with Crippen molar-refractivity contribution in [1.29, 1.82) is 0 Å². The number of amides is 2. The Labute approximate surface area is 208 Å². The average molecular weight is 508 g/mol. The Balaban J connectivity index is 2.19. The van der Waals surface area contributed by atoms with E-state index in [9.17, 15) is 18.0 Å². The standard InChI is InChI=1S/C25H34ClN3O4S/c1-18(2)27-25(31)20(4)28(17-21-12-7-8-13-22(21)26)24(30)15-10-16-29(34(5,32)33)23-14-9-6-11-19(23)3/h6-9,11-14,18,20H,10,15-17H2,1-5H3,(H,27,31)/t20-/m1/s1. The molecule has 0 saturated carbocycles. The summed E-state index contributed by atoms with van der Waals surface area (Å²) in [7, 11) is -3.53. The normalized spacial score (nSPS) is 12.3. The molecule has 2 aromatic carbocycles. The second-order valence-electron chi connectivity index (χ2n) is 8.68. The van der Waals surface area contributed by atoms with Crippen LogP contribution in [0.2, 0.25) is 5.02 Å². The lowest BCUT2D eigenvalue weighted by Gasteiger charge is -2.30. The third-order valence-electron chi connectivity index (χ3n) is 5.43. The number of halogens is 1. The number of nitrogens with zero attached hydrogens (tertiary/aromatic N) is 2. The van der Waals surface area contributed by atoms with E-state index in [1.807, 2.05) is 45.0 Å². The van der Waals surface area contributed by atoms with Crippen molar-refractivity contribution in [2.24, 2.45) is 0 Å². The van der Waals surface area contributed by atoms with Gasteiger partial charge >= 0.3 is 0 Å². The summed E-state index contributed by atoms with van der Waals surface area (Å²) in [5.74, 6) is -0.502. The van der Waals surface area contributed by atoms with Crippen molar-refractivity contribution in [1.82, 2.24) is 10.2 Å². The number of rotatable bonds is 11. The van der Waals surface area contributed by atoms with E-state index < -0.39 is 16.1 Å². The zero-order chi connectivity index (χ0) is 25.5. The third-order valence-corrected chi connectivity index (χ3v) is 6.98. The van der Waals surface area contributed by atoms with Crippen molar-refractivity contribution >= 4 is 39.1 Å². The van der Waals surface area contributed by atoms with E-state index in [0.717, 1.165) is 17.4 Å². The Hall–Kier alpha value is -2.58. The number of sulfonamides is 1. The van der Waals surface area contributed by atoms with Gasteiger partial charge in [-0.25, -0.2) is 8.42 Å². The number of carbonyl (C=O) groups excluding carboxylic acids is 2. The number of nitrogens with one attached hydrogen (secondary N) is 1. The van der Waals surface area contributed by atoms with Crippen LogP contribution in [0.1, 0.15) is 44.7 Å². The first-order chi connectivity index (χ1) is 15.9. The van der Waals surface area contributed by atoms with Gasteiger partial charge in [-0.15, -0.1) is 0 Å². The molecule has 0 fully saturated rings. The third kappa shape index (κ3) is 7.74. The Morgan fingerprint density at radius 3 is 2.24 bits per heavy atom. The Kier molecular flexibility index (Phi) is 9.94. The maximum Gasteiger partial charge on any atom is 0.242 e. The number of benzene rings is 2. The molecule has 2 rings (SSSR count). The minimum absolute atomic E-state index is 0.0651. The zero-order valence-corrected chi connectivity index (χ0v) is 22.0. The van der Waals surface area contributed by atoms with Crippen molar-refractivity contribution < 1.29 is 18.0 Å². The molecule has 0 aromatic heterocycles. The van der Waals surface area contributed by atoms with Crippen LogP contribution in [0.4, 0.5) is 5.69 Å². The van der Waals surface area contributed by atoms with E-state index >= 15 is 0 Å². The minimum atomic E-state index is -3.53. The molecule has 0 aliphatic carbocycles. The van der Waals surface area contributed by atoms with Gasteiger partial charge in [-0.1, -0.05) is 48.0 Å². The second-order valence-corrected chi connectivity index (χ2v) is 11.0. The van der Waals surface area contributed by atoms with E-state index in [4.69, 9.17) is 11.6 Å². The number of carbonyl (C=O) groups is 2. The van der Waals surface area contributed by atoms with Crippen LogP contribution in [0.25, 0.3) is 0 Å². The van der Waals surface area contributed by atoms with E-state index in [1.165, 1.54) is 9.21 Å². The van der Waals surface area contributed by atoms with Crippen LogP contribution in [0.3, 0.4) is 0 Å². The van der Waals surface area contributed by atoms with Crippen LogP contribution in [0.5, 0.6) is 0 Å². The van der Waals surface area contributed by atoms with Crippen molar-refractivity contribution in [2.45, 2.75) is 59.2 Å². The molecule has 2 aromatic rings. The highest BCUT2D eigenvalue weighted by Gasteiger charge is 2.27. The Morgan fingerprint density at radius 2 is 1.65 bits per heavy atom. The van der Waals surface area contributed by atoms with Crippen LogP contribution >= 0.6 is 11.6 Å². The van der Waals surface area contributed by atoms with Crippen molar-refractivity contribution in [2.75, 3.05) is 17.1 Å². The number of hydrogen-bond acceptors (Lipinski definition) is 4. The van der Waals surface area contributed by atoms with E-state index in [2.05, 4.69) is 5.32 Å². The number of para-hydroxylation sites is 1. The van der Waals surface area contributed by atoms with Gasteiger partial charge < -0.3 is 10.2 Å². The predicted molar refractivity (Wildman–Crippen MR) is 137 cm³/mol. The van der Waals surface area contributed by atoms with Crippen LogP contribution in [0, 0.1) is 6.92 Å². The molecule has 0 unspecified atom stereocenters. The van der Waals surface area contributed by atoms with Crippen molar-refractivity contribution in [3.8, 4) is 0 Å². The van der Waals surface area contributed by atoms with Gasteiger partial charge in [-0.05, 0) is 57.4 Å². The molecule has 34 heavy (non-hydrogen) atoms. The van der Waals surface area contributed by atoms with Gasteiger partial charge in [0.05, 0.1) is 11.9 Å². The maximum atomic E-state index is 13.3. The molecule has 9 heteroatoms. The molecule has 0 saturated heterocycles. The maximum absolute atomic E-state index is 13.3. The van der Waals surface area contributed by atoms with E-state index in [0.29, 0.717) is 17.1 Å². The fraction of sp³-hybridized carbons (Fsp3) is 0.440. The quantitative estimate of drug-likeness (QED) is 0.495. The number of hydrogen-bond donors (Lipinski definition) is 1. The van der Waals surface area contributed by atoms with Gasteiger partial charge in [0.25, 0.3) is 0 Å². The van der Waals surface area contributed by atoms with Crippen molar-refractivity contribution in [3.05, 3.63) is 64.7 Å². The lowest BCUT2D eigenvalue weighted by atomic mass is 10.1. The summed E-state index contributed by atoms with van der Waals surface area (Å²) in [5, 5.41) is 3.36. The summed E-state index contributed by atoms with van der Waals surface area (Å²) >= 11 is 6.31. The molecule has 0 aliphatic rings. The largest absolute Gasteiger partial charge is 0.352 e. The molecule has 0 bridgehead atoms. The van der Waals surface area contributed by atoms with E-state index in [-0.39, 0.29) is 37.4 Å². The molecule has 0 spiro atoms. The first kappa shape index (κ1) is 27.7. The monoisotopic (exact) mass is 507 g/mol. The van der Waals surface area contributed by atoms with Crippen LogP contribution < -0.4 is 9.62 Å². The highest BCUT2D eigenvalue weighted by molar-refractivity contribution is 7.92. The molecule has 7 nitrogen and oxygen atoms in total. The molecule has 0 aliphatic heterocycles. The van der Waals surface area contributed by atoms with E-state index in [1.54, 1.807) is 31.2 Å². The molecule has 1 atom stereocenters. The SMILES string of the molecule is Cc1ccccc1N(CCCC(=O)N(Cc1ccccc1Cl)[C@H](C)C(=O)NC(C)C)S(C)(=O)=O. The number of aryl methyl sites for hydroxylation is 1. The summed E-state index contributed by atoms with van der Waals surface area (Å²) < 4.78 is 26.2. The molecule has 1 N–H and O–H groups in total. The second kappa shape index (κ2) is 12.2. The molecule has 186 valence electrons. The lowest BCUT2D eigenvalue weighted by molar-refractivity contribution is -0.140. The smallest absolute Gasteiger partial charge is 0.242 e. The van der Waals surface area contributed by atoms with Crippen LogP contribution in [-0.2, 0) is 26.2 Å². The zero-order valence-electron chi connectivity index (χ0n) is 20.4. The lowest BCUT2D eigenvalue weighted by Crippen LogP contribution is -2.49. The van der Waals surface area contributed by atoms with Gasteiger partial charge in [0, 0.05) is 30.6 Å². The van der Waals surface area contributed by atoms with Gasteiger partial charge in [-0.2, -0.15) is 0 Å². The summed E-state index contributed by atoms with van der Waals surface area (Å²) in [5.41, 5.74) is 2.16. The topological polar surface area (TPSA) is 86.8 Å².